The van der Waals surface area contributed by atoms with Crippen molar-refractivity contribution in [3.05, 3.63) is 28.7 Å². The summed E-state index contributed by atoms with van der Waals surface area (Å²) >= 11 is 3.24. The van der Waals surface area contributed by atoms with Crippen LogP contribution in [0.5, 0.6) is 0 Å². The van der Waals surface area contributed by atoms with Crippen molar-refractivity contribution in [3.63, 3.8) is 0 Å². The van der Waals surface area contributed by atoms with Gasteiger partial charge in [0.05, 0.1) is 17.8 Å². The van der Waals surface area contributed by atoms with Gasteiger partial charge < -0.3 is 4.74 Å². The van der Waals surface area contributed by atoms with Crippen molar-refractivity contribution in [1.82, 2.24) is 0 Å². The summed E-state index contributed by atoms with van der Waals surface area (Å²) < 4.78 is 29.0. The average molecular weight is 321 g/mol. The van der Waals surface area contributed by atoms with E-state index < -0.39 is 15.8 Å². The van der Waals surface area contributed by atoms with Gasteiger partial charge in [0.1, 0.15) is 0 Å². The smallest absolute Gasteiger partial charge is 0.305 e. The first-order valence-electron chi connectivity index (χ1n) is 5.01. The lowest BCUT2D eigenvalue weighted by atomic mass is 10.3. The quantitative estimate of drug-likeness (QED) is 0.780. The van der Waals surface area contributed by atoms with E-state index in [1.807, 2.05) is 0 Å². The Morgan fingerprint density at radius 3 is 2.41 bits per heavy atom. The van der Waals surface area contributed by atoms with E-state index in [0.29, 0.717) is 0 Å². The molecule has 0 amide bonds. The number of benzene rings is 1. The molecule has 0 unspecified atom stereocenters. The van der Waals surface area contributed by atoms with Crippen LogP contribution in [0, 0.1) is 0 Å². The number of carbonyl (C=O) groups is 1. The highest BCUT2D eigenvalue weighted by Gasteiger charge is 2.14. The van der Waals surface area contributed by atoms with E-state index in [9.17, 15) is 13.2 Å². The number of sulfone groups is 1. The SMILES string of the molecule is COC(=O)CCCS(=O)(=O)c1ccc(Br)cc1. The standard InChI is InChI=1S/C11H13BrO4S/c1-16-11(13)3-2-8-17(14,15)10-6-4-9(12)5-7-10/h4-7H,2-3,8H2,1H3. The third kappa shape index (κ3) is 4.47. The zero-order valence-corrected chi connectivity index (χ0v) is 11.8. The molecule has 0 N–H and O–H groups in total. The summed E-state index contributed by atoms with van der Waals surface area (Å²) in [6.45, 7) is 0. The van der Waals surface area contributed by atoms with Gasteiger partial charge in [-0.05, 0) is 30.7 Å². The molecule has 0 radical (unpaired) electrons. The van der Waals surface area contributed by atoms with Crippen molar-refractivity contribution < 1.29 is 17.9 Å². The minimum Gasteiger partial charge on any atom is -0.469 e. The Balaban J connectivity index is 2.63. The van der Waals surface area contributed by atoms with E-state index in [1.165, 1.54) is 19.2 Å². The van der Waals surface area contributed by atoms with Crippen LogP contribution in [0.4, 0.5) is 0 Å². The third-order valence-electron chi connectivity index (χ3n) is 2.19. The Hall–Kier alpha value is -0.880. The summed E-state index contributed by atoms with van der Waals surface area (Å²) in [6.07, 6.45) is 0.386. The fourth-order valence-electron chi connectivity index (χ4n) is 1.27. The van der Waals surface area contributed by atoms with Crippen molar-refractivity contribution in [2.24, 2.45) is 0 Å². The van der Waals surface area contributed by atoms with Crippen LogP contribution in [0.25, 0.3) is 0 Å². The number of esters is 1. The fourth-order valence-corrected chi connectivity index (χ4v) is 2.84. The molecule has 6 heteroatoms. The second-order valence-electron chi connectivity index (χ2n) is 3.45. The number of methoxy groups -OCH3 is 1. The van der Waals surface area contributed by atoms with Crippen LogP contribution in [-0.2, 0) is 19.4 Å². The number of rotatable bonds is 5. The molecule has 0 heterocycles. The summed E-state index contributed by atoms with van der Waals surface area (Å²) in [4.78, 5) is 11.1. The van der Waals surface area contributed by atoms with E-state index in [-0.39, 0.29) is 23.5 Å². The van der Waals surface area contributed by atoms with Crippen molar-refractivity contribution in [1.29, 1.82) is 0 Å². The summed E-state index contributed by atoms with van der Waals surface area (Å²) in [5, 5.41) is 0. The predicted octanol–water partition coefficient (Wildman–Crippen LogP) is 2.18. The van der Waals surface area contributed by atoms with Gasteiger partial charge in [0, 0.05) is 10.9 Å². The van der Waals surface area contributed by atoms with Gasteiger partial charge in [0.2, 0.25) is 0 Å². The fraction of sp³-hybridized carbons (Fsp3) is 0.364. The Labute approximate surface area is 109 Å². The van der Waals surface area contributed by atoms with E-state index in [0.717, 1.165) is 4.47 Å². The molecule has 0 saturated heterocycles. The number of halogens is 1. The number of carbonyl (C=O) groups excluding carboxylic acids is 1. The molecule has 0 aliphatic heterocycles. The zero-order valence-electron chi connectivity index (χ0n) is 9.35. The van der Waals surface area contributed by atoms with E-state index >= 15 is 0 Å². The molecule has 1 rings (SSSR count). The third-order valence-corrected chi connectivity index (χ3v) is 4.54. The summed E-state index contributed by atoms with van der Waals surface area (Å²) in [5.74, 6) is -0.444. The summed E-state index contributed by atoms with van der Waals surface area (Å²) in [6, 6.07) is 6.43. The van der Waals surface area contributed by atoms with Crippen molar-refractivity contribution >= 4 is 31.7 Å². The topological polar surface area (TPSA) is 60.4 Å². The summed E-state index contributed by atoms with van der Waals surface area (Å²) in [7, 11) is -2.03. The van der Waals surface area contributed by atoms with Gasteiger partial charge in [-0.3, -0.25) is 4.79 Å². The van der Waals surface area contributed by atoms with Crippen LogP contribution in [0.15, 0.2) is 33.6 Å². The molecule has 17 heavy (non-hydrogen) atoms. The normalized spacial score (nSPS) is 11.2. The molecule has 1 aromatic rings. The van der Waals surface area contributed by atoms with Gasteiger partial charge in [-0.1, -0.05) is 15.9 Å². The van der Waals surface area contributed by atoms with Gasteiger partial charge in [0.25, 0.3) is 0 Å². The second kappa shape index (κ2) is 6.16. The molecule has 0 fully saturated rings. The van der Waals surface area contributed by atoms with Crippen molar-refractivity contribution in [2.45, 2.75) is 17.7 Å². The Bertz CT molecular complexity index is 479. The lowest BCUT2D eigenvalue weighted by molar-refractivity contribution is -0.140. The van der Waals surface area contributed by atoms with Gasteiger partial charge in [-0.25, -0.2) is 8.42 Å². The van der Waals surface area contributed by atoms with Gasteiger partial charge in [0.15, 0.2) is 9.84 Å². The molecule has 0 bridgehead atoms. The highest BCUT2D eigenvalue weighted by Crippen LogP contribution is 2.16. The van der Waals surface area contributed by atoms with Gasteiger partial charge >= 0.3 is 5.97 Å². The van der Waals surface area contributed by atoms with Crippen LogP contribution >= 0.6 is 15.9 Å². The van der Waals surface area contributed by atoms with Crippen LogP contribution < -0.4 is 0 Å². The number of hydrogen-bond donors (Lipinski definition) is 0. The Morgan fingerprint density at radius 1 is 1.29 bits per heavy atom. The molecule has 0 aliphatic carbocycles. The maximum atomic E-state index is 11.8. The lowest BCUT2D eigenvalue weighted by Gasteiger charge is -2.04. The maximum absolute atomic E-state index is 11.8. The second-order valence-corrected chi connectivity index (χ2v) is 6.48. The number of ether oxygens (including phenoxy) is 1. The van der Waals surface area contributed by atoms with Crippen molar-refractivity contribution in [2.75, 3.05) is 12.9 Å². The van der Waals surface area contributed by atoms with Crippen LogP contribution in [0.1, 0.15) is 12.8 Å². The van der Waals surface area contributed by atoms with Crippen LogP contribution in [0.3, 0.4) is 0 Å². The van der Waals surface area contributed by atoms with E-state index in [2.05, 4.69) is 20.7 Å². The molecule has 0 saturated carbocycles. The number of hydrogen-bond acceptors (Lipinski definition) is 4. The van der Waals surface area contributed by atoms with Crippen LogP contribution in [-0.4, -0.2) is 27.2 Å². The van der Waals surface area contributed by atoms with Gasteiger partial charge in [-0.2, -0.15) is 0 Å². The minimum absolute atomic E-state index is 0.0519. The monoisotopic (exact) mass is 320 g/mol. The molecule has 94 valence electrons. The molecule has 0 aromatic heterocycles. The van der Waals surface area contributed by atoms with Crippen LogP contribution in [0.2, 0.25) is 0 Å². The van der Waals surface area contributed by atoms with E-state index in [4.69, 9.17) is 0 Å². The Morgan fingerprint density at radius 2 is 1.88 bits per heavy atom. The molecule has 1 aromatic carbocycles. The van der Waals surface area contributed by atoms with E-state index in [1.54, 1.807) is 12.1 Å². The average Bonchev–Trinajstić information content (AvgIpc) is 2.29. The molecular weight excluding hydrogens is 308 g/mol. The first-order chi connectivity index (χ1) is 7.95. The first kappa shape index (κ1) is 14.2. The molecule has 4 nitrogen and oxygen atoms in total. The predicted molar refractivity (Wildman–Crippen MR) is 67.4 cm³/mol. The molecule has 0 atom stereocenters. The van der Waals surface area contributed by atoms with Gasteiger partial charge in [-0.15, -0.1) is 0 Å². The maximum Gasteiger partial charge on any atom is 0.305 e. The largest absolute Gasteiger partial charge is 0.469 e. The van der Waals surface area contributed by atoms with Crippen molar-refractivity contribution in [3.8, 4) is 0 Å². The molecular formula is C11H13BrO4S. The lowest BCUT2D eigenvalue weighted by Crippen LogP contribution is -2.09. The molecule has 0 aliphatic rings. The molecule has 0 spiro atoms. The minimum atomic E-state index is -3.31. The highest BCUT2D eigenvalue weighted by atomic mass is 79.9. The summed E-state index contributed by atoms with van der Waals surface area (Å²) in [5.41, 5.74) is 0. The Kier molecular flexibility index (Phi) is 5.14. The first-order valence-corrected chi connectivity index (χ1v) is 7.45. The highest BCUT2D eigenvalue weighted by molar-refractivity contribution is 9.10. The zero-order chi connectivity index (χ0) is 12.9.